The number of aldehydes is 1. The van der Waals surface area contributed by atoms with Gasteiger partial charge in [0.25, 0.3) is 0 Å². The third-order valence-electron chi connectivity index (χ3n) is 5.13. The molecule has 0 radical (unpaired) electrons. The molecule has 0 unspecified atom stereocenters. The molecular weight excluding hydrogens is 426 g/mol. The number of hydrogen-bond acceptors (Lipinski definition) is 6. The summed E-state index contributed by atoms with van der Waals surface area (Å²) in [6, 6.07) is -0.671. The van der Waals surface area contributed by atoms with Gasteiger partial charge in [0, 0.05) is 50.5 Å². The first kappa shape index (κ1) is 30.1. The van der Waals surface area contributed by atoms with Gasteiger partial charge in [-0.1, -0.05) is 13.8 Å². The normalized spacial score (nSPS) is 13.5. The number of carbonyl (C=O) groups is 3. The van der Waals surface area contributed by atoms with Crippen LogP contribution in [0.3, 0.4) is 0 Å². The van der Waals surface area contributed by atoms with Crippen molar-refractivity contribution < 1.29 is 14.4 Å². The molecule has 0 saturated carbocycles. The van der Waals surface area contributed by atoms with Gasteiger partial charge >= 0.3 is 0 Å². The fraction of sp³-hybridized carbons (Fsp3) is 0.762. The third-order valence-corrected chi connectivity index (χ3v) is 5.13. The summed E-state index contributed by atoms with van der Waals surface area (Å²) in [7, 11) is 1.82. The minimum Gasteiger partial charge on any atom is -0.370 e. The summed E-state index contributed by atoms with van der Waals surface area (Å²) in [5, 5.41) is 8.98. The molecule has 190 valence electrons. The second-order valence-electron chi connectivity index (χ2n) is 8.38. The molecule has 12 heteroatoms. The molecule has 12 nitrogen and oxygen atoms in total. The molecule has 0 heterocycles. The maximum absolute atomic E-state index is 12.7. The number of nitrogens with two attached hydrogens (primary N) is 4. The summed E-state index contributed by atoms with van der Waals surface area (Å²) in [6.45, 7) is 4.89. The predicted octanol–water partition coefficient (Wildman–Crippen LogP) is -1.32. The Morgan fingerprint density at radius 3 is 1.79 bits per heavy atom. The van der Waals surface area contributed by atoms with Crippen molar-refractivity contribution in [1.29, 1.82) is 0 Å². The Labute approximate surface area is 196 Å². The number of aliphatic imine (C=N–C) groups is 2. The fourth-order valence-corrected chi connectivity index (χ4v) is 3.35. The van der Waals surface area contributed by atoms with Gasteiger partial charge in [-0.2, -0.15) is 0 Å². The molecule has 0 rings (SSSR count). The van der Waals surface area contributed by atoms with Crippen LogP contribution in [0.4, 0.5) is 0 Å². The highest BCUT2D eigenvalue weighted by molar-refractivity contribution is 5.80. The molecule has 11 N–H and O–H groups in total. The zero-order valence-electron chi connectivity index (χ0n) is 20.2. The van der Waals surface area contributed by atoms with Gasteiger partial charge in [0.05, 0.1) is 0 Å². The molecule has 0 spiro atoms. The van der Waals surface area contributed by atoms with E-state index in [1.807, 2.05) is 20.9 Å². The van der Waals surface area contributed by atoms with Crippen LogP contribution in [0.15, 0.2) is 9.98 Å². The zero-order chi connectivity index (χ0) is 25.2. The van der Waals surface area contributed by atoms with Crippen molar-refractivity contribution in [2.24, 2.45) is 38.8 Å². The van der Waals surface area contributed by atoms with E-state index in [-0.39, 0.29) is 60.6 Å². The van der Waals surface area contributed by atoms with Crippen LogP contribution in [-0.4, -0.2) is 68.3 Å². The first-order valence-electron chi connectivity index (χ1n) is 11.4. The molecule has 0 aliphatic rings. The first-order chi connectivity index (χ1) is 15.6. The number of guanidine groups is 2. The predicted molar refractivity (Wildman–Crippen MR) is 131 cm³/mol. The van der Waals surface area contributed by atoms with Crippen molar-refractivity contribution in [3.63, 3.8) is 0 Å². The molecule has 0 aromatic carbocycles. The molecule has 0 aromatic heterocycles. The lowest BCUT2D eigenvalue weighted by atomic mass is 10.00. The zero-order valence-corrected chi connectivity index (χ0v) is 20.2. The highest BCUT2D eigenvalue weighted by Gasteiger charge is 2.21. The standard InChI is InChI=1S/C21H43N9O3/c1-14(2)17(26-3)13-19(33)30-16(7-5-10-28-21(24)25)12-18(32)29-15(8-11-31)6-4-9-27-20(22)23/h11,14-17,26H,4-10,12-13H2,1-3H3,(H,29,32)(H,30,33)(H4,22,23,27)(H4,24,25,28)/t15-,16-,17+/m0/s1. The van der Waals surface area contributed by atoms with Crippen LogP contribution in [-0.2, 0) is 14.4 Å². The smallest absolute Gasteiger partial charge is 0.222 e. The summed E-state index contributed by atoms with van der Waals surface area (Å²) >= 11 is 0. The molecule has 33 heavy (non-hydrogen) atoms. The SMILES string of the molecule is CN[C@H](CC(=O)N[C@@H](CCCN=C(N)N)CC(=O)N[C@H](CC=O)CCCN=C(N)N)C(C)C. The summed E-state index contributed by atoms with van der Waals surface area (Å²) in [5.74, 6) is -0.0931. The molecular formula is C21H43N9O3. The van der Waals surface area contributed by atoms with Crippen LogP contribution in [0.25, 0.3) is 0 Å². The van der Waals surface area contributed by atoms with Gasteiger partial charge in [0.1, 0.15) is 6.29 Å². The van der Waals surface area contributed by atoms with Gasteiger partial charge in [-0.05, 0) is 38.6 Å². The van der Waals surface area contributed by atoms with Crippen LogP contribution >= 0.6 is 0 Å². The molecule has 0 aromatic rings. The fourth-order valence-electron chi connectivity index (χ4n) is 3.35. The molecule has 0 bridgehead atoms. The molecule has 0 aliphatic carbocycles. The van der Waals surface area contributed by atoms with Crippen molar-refractivity contribution in [3.8, 4) is 0 Å². The molecule has 3 atom stereocenters. The van der Waals surface area contributed by atoms with Crippen LogP contribution in [0.2, 0.25) is 0 Å². The Kier molecular flexibility index (Phi) is 16.1. The lowest BCUT2D eigenvalue weighted by Gasteiger charge is -2.24. The number of rotatable bonds is 18. The van der Waals surface area contributed by atoms with Gasteiger partial charge in [-0.25, -0.2) is 0 Å². The van der Waals surface area contributed by atoms with Crippen LogP contribution < -0.4 is 38.9 Å². The van der Waals surface area contributed by atoms with Crippen LogP contribution in [0.1, 0.15) is 58.8 Å². The number of nitrogens with one attached hydrogen (secondary N) is 3. The van der Waals surface area contributed by atoms with E-state index in [0.29, 0.717) is 45.2 Å². The number of nitrogens with zero attached hydrogens (tertiary/aromatic N) is 2. The maximum Gasteiger partial charge on any atom is 0.222 e. The van der Waals surface area contributed by atoms with Crippen molar-refractivity contribution in [1.82, 2.24) is 16.0 Å². The summed E-state index contributed by atoms with van der Waals surface area (Å²) in [6.07, 6.45) is 3.66. The van der Waals surface area contributed by atoms with E-state index in [1.54, 1.807) is 0 Å². The Morgan fingerprint density at radius 2 is 1.33 bits per heavy atom. The van der Waals surface area contributed by atoms with E-state index < -0.39 is 0 Å². The Hall–Kier alpha value is -2.89. The minimum atomic E-state index is -0.380. The minimum absolute atomic E-state index is 0.000412. The molecule has 0 saturated heterocycles. The van der Waals surface area contributed by atoms with Gasteiger partial charge in [-0.15, -0.1) is 0 Å². The molecule has 2 amide bonds. The average Bonchev–Trinajstić information content (AvgIpc) is 2.71. The lowest BCUT2D eigenvalue weighted by Crippen LogP contribution is -2.44. The van der Waals surface area contributed by atoms with E-state index in [4.69, 9.17) is 22.9 Å². The van der Waals surface area contributed by atoms with Crippen molar-refractivity contribution in [2.75, 3.05) is 20.1 Å². The van der Waals surface area contributed by atoms with E-state index in [2.05, 4.69) is 25.9 Å². The molecule has 0 fully saturated rings. The summed E-state index contributed by atoms with van der Waals surface area (Å²) in [4.78, 5) is 44.1. The highest BCUT2D eigenvalue weighted by atomic mass is 16.2. The largest absolute Gasteiger partial charge is 0.370 e. The van der Waals surface area contributed by atoms with Gasteiger partial charge < -0.3 is 43.7 Å². The van der Waals surface area contributed by atoms with E-state index in [1.165, 1.54) is 0 Å². The van der Waals surface area contributed by atoms with E-state index in [9.17, 15) is 14.4 Å². The Bertz CT molecular complexity index is 645. The second kappa shape index (κ2) is 17.6. The topological polar surface area (TPSA) is 216 Å². The third kappa shape index (κ3) is 16.4. The van der Waals surface area contributed by atoms with Gasteiger partial charge in [0.15, 0.2) is 11.9 Å². The average molecular weight is 470 g/mol. The molecule has 0 aliphatic heterocycles. The highest BCUT2D eigenvalue weighted by Crippen LogP contribution is 2.09. The summed E-state index contributed by atoms with van der Waals surface area (Å²) in [5.41, 5.74) is 21.3. The van der Waals surface area contributed by atoms with Crippen molar-refractivity contribution in [3.05, 3.63) is 0 Å². The number of amides is 2. The Balaban J connectivity index is 4.96. The van der Waals surface area contributed by atoms with Crippen LogP contribution in [0, 0.1) is 5.92 Å². The second-order valence-corrected chi connectivity index (χ2v) is 8.38. The van der Waals surface area contributed by atoms with E-state index >= 15 is 0 Å². The van der Waals surface area contributed by atoms with Gasteiger partial charge in [-0.3, -0.25) is 19.6 Å². The lowest BCUT2D eigenvalue weighted by molar-refractivity contribution is -0.124. The monoisotopic (exact) mass is 469 g/mol. The van der Waals surface area contributed by atoms with Crippen LogP contribution in [0.5, 0.6) is 0 Å². The summed E-state index contributed by atoms with van der Waals surface area (Å²) < 4.78 is 0. The van der Waals surface area contributed by atoms with E-state index in [0.717, 1.165) is 6.29 Å². The maximum atomic E-state index is 12.7. The van der Waals surface area contributed by atoms with Gasteiger partial charge in [0.2, 0.25) is 11.8 Å². The number of carbonyl (C=O) groups excluding carboxylic acids is 3. The van der Waals surface area contributed by atoms with Crippen molar-refractivity contribution >= 4 is 30.0 Å². The number of hydrogen-bond donors (Lipinski definition) is 7. The first-order valence-corrected chi connectivity index (χ1v) is 11.4. The quantitative estimate of drug-likeness (QED) is 0.0551. The Morgan fingerprint density at radius 1 is 0.848 bits per heavy atom. The van der Waals surface area contributed by atoms with Crippen molar-refractivity contribution in [2.45, 2.75) is 76.9 Å².